The molecule has 3 heteroatoms. The summed E-state index contributed by atoms with van der Waals surface area (Å²) in [4.78, 5) is 4.74. The minimum absolute atomic E-state index is 0.760. The van der Waals surface area contributed by atoms with E-state index < -0.39 is 0 Å². The first-order chi connectivity index (χ1) is 10.8. The van der Waals surface area contributed by atoms with E-state index in [-0.39, 0.29) is 0 Å². The van der Waals surface area contributed by atoms with E-state index in [9.17, 15) is 0 Å². The lowest BCUT2D eigenvalue weighted by Gasteiger charge is -2.10. The summed E-state index contributed by atoms with van der Waals surface area (Å²) < 4.78 is 2.23. The minimum atomic E-state index is 0.760. The zero-order valence-electron chi connectivity index (χ0n) is 12.3. The zero-order chi connectivity index (χ0) is 15.1. The summed E-state index contributed by atoms with van der Waals surface area (Å²) in [5, 5.41) is 3.09. The first kappa shape index (κ1) is 13.4. The quantitative estimate of drug-likeness (QED) is 0.485. The Morgan fingerprint density at radius 2 is 1.77 bits per heavy atom. The van der Waals surface area contributed by atoms with Crippen LogP contribution in [-0.4, -0.2) is 9.55 Å². The largest absolute Gasteiger partial charge is 0.296 e. The number of para-hydroxylation sites is 2. The molecule has 0 spiro atoms. The first-order valence-corrected chi connectivity index (χ1v) is 7.80. The molecule has 1 aromatic heterocycles. The number of aromatic nitrogens is 2. The van der Waals surface area contributed by atoms with Crippen molar-refractivity contribution in [1.82, 2.24) is 9.55 Å². The molecule has 0 amide bonds. The van der Waals surface area contributed by atoms with E-state index in [2.05, 4.69) is 47.9 Å². The highest BCUT2D eigenvalue weighted by atomic mass is 35.5. The van der Waals surface area contributed by atoms with Crippen LogP contribution in [0.5, 0.6) is 0 Å². The SMILES string of the molecule is CCc1nc2ccccc2n1-c1ccc2ccc(Cl)cc2c1. The molecule has 1 heterocycles. The van der Waals surface area contributed by atoms with Gasteiger partial charge in [0.2, 0.25) is 0 Å². The molecule has 0 N–H and O–H groups in total. The van der Waals surface area contributed by atoms with Gasteiger partial charge in [0, 0.05) is 17.1 Å². The van der Waals surface area contributed by atoms with Crippen LogP contribution in [0, 0.1) is 0 Å². The zero-order valence-corrected chi connectivity index (χ0v) is 13.0. The fourth-order valence-electron chi connectivity index (χ4n) is 2.95. The standard InChI is InChI=1S/C19H15ClN2/c1-2-19-21-17-5-3-4-6-18(17)22(19)16-10-8-13-7-9-15(20)11-14(13)12-16/h3-12H,2H2,1H3. The van der Waals surface area contributed by atoms with Crippen LogP contribution in [0.3, 0.4) is 0 Å². The van der Waals surface area contributed by atoms with E-state index in [1.54, 1.807) is 0 Å². The van der Waals surface area contributed by atoms with Gasteiger partial charge in [0.1, 0.15) is 5.82 Å². The lowest BCUT2D eigenvalue weighted by Crippen LogP contribution is -1.99. The number of aryl methyl sites for hydroxylation is 1. The average Bonchev–Trinajstić information content (AvgIpc) is 2.92. The molecule has 0 unspecified atom stereocenters. The highest BCUT2D eigenvalue weighted by Crippen LogP contribution is 2.26. The maximum absolute atomic E-state index is 6.13. The third kappa shape index (κ3) is 2.08. The molecule has 0 fully saturated rings. The Kier molecular flexibility index (Phi) is 3.12. The van der Waals surface area contributed by atoms with Gasteiger partial charge in [-0.05, 0) is 47.2 Å². The Morgan fingerprint density at radius 3 is 2.64 bits per heavy atom. The number of nitrogens with zero attached hydrogens (tertiary/aromatic N) is 2. The smallest absolute Gasteiger partial charge is 0.114 e. The van der Waals surface area contributed by atoms with Crippen LogP contribution < -0.4 is 0 Å². The first-order valence-electron chi connectivity index (χ1n) is 7.42. The molecule has 108 valence electrons. The molecule has 22 heavy (non-hydrogen) atoms. The highest BCUT2D eigenvalue weighted by Gasteiger charge is 2.11. The molecule has 2 nitrogen and oxygen atoms in total. The number of imidazole rings is 1. The highest BCUT2D eigenvalue weighted by molar-refractivity contribution is 6.31. The van der Waals surface area contributed by atoms with Crippen molar-refractivity contribution in [2.75, 3.05) is 0 Å². The van der Waals surface area contributed by atoms with E-state index in [0.29, 0.717) is 0 Å². The van der Waals surface area contributed by atoms with Gasteiger partial charge in [-0.25, -0.2) is 4.98 Å². The minimum Gasteiger partial charge on any atom is -0.296 e. The van der Waals surface area contributed by atoms with Gasteiger partial charge < -0.3 is 0 Å². The number of hydrogen-bond acceptors (Lipinski definition) is 1. The summed E-state index contributed by atoms with van der Waals surface area (Å²) >= 11 is 6.13. The molecular weight excluding hydrogens is 292 g/mol. The van der Waals surface area contributed by atoms with Crippen molar-refractivity contribution in [2.45, 2.75) is 13.3 Å². The van der Waals surface area contributed by atoms with Crippen LogP contribution in [0.4, 0.5) is 0 Å². The van der Waals surface area contributed by atoms with Gasteiger partial charge in [-0.1, -0.05) is 42.8 Å². The van der Waals surface area contributed by atoms with Crippen molar-refractivity contribution >= 4 is 33.4 Å². The summed E-state index contributed by atoms with van der Waals surface area (Å²) in [5.41, 5.74) is 3.30. The fourth-order valence-corrected chi connectivity index (χ4v) is 3.13. The third-order valence-corrected chi connectivity index (χ3v) is 4.23. The number of fused-ring (bicyclic) bond motifs is 2. The number of halogens is 1. The van der Waals surface area contributed by atoms with Gasteiger partial charge in [0.05, 0.1) is 11.0 Å². The summed E-state index contributed by atoms with van der Waals surface area (Å²) in [5.74, 6) is 1.07. The maximum Gasteiger partial charge on any atom is 0.114 e. The molecular formula is C19H15ClN2. The number of rotatable bonds is 2. The summed E-state index contributed by atoms with van der Waals surface area (Å²) in [6.07, 6.45) is 0.891. The molecule has 0 aliphatic carbocycles. The molecule has 4 aromatic rings. The van der Waals surface area contributed by atoms with E-state index >= 15 is 0 Å². The van der Waals surface area contributed by atoms with Gasteiger partial charge in [0.15, 0.2) is 0 Å². The van der Waals surface area contributed by atoms with Gasteiger partial charge >= 0.3 is 0 Å². The molecule has 0 bridgehead atoms. The second-order valence-electron chi connectivity index (χ2n) is 5.38. The lowest BCUT2D eigenvalue weighted by molar-refractivity contribution is 0.909. The fraction of sp³-hybridized carbons (Fsp3) is 0.105. The summed E-state index contributed by atoms with van der Waals surface area (Å²) in [6.45, 7) is 2.13. The average molecular weight is 307 g/mol. The Hall–Kier alpha value is -2.32. The van der Waals surface area contributed by atoms with Crippen molar-refractivity contribution in [2.24, 2.45) is 0 Å². The third-order valence-electron chi connectivity index (χ3n) is 3.99. The van der Waals surface area contributed by atoms with Crippen LogP contribution in [0.25, 0.3) is 27.5 Å². The maximum atomic E-state index is 6.13. The second kappa shape index (κ2) is 5.15. The van der Waals surface area contributed by atoms with Crippen molar-refractivity contribution in [3.05, 3.63) is 71.5 Å². The molecule has 0 radical (unpaired) electrons. The van der Waals surface area contributed by atoms with Crippen molar-refractivity contribution < 1.29 is 0 Å². The Balaban J connectivity index is 2.02. The van der Waals surface area contributed by atoms with E-state index in [0.717, 1.165) is 39.4 Å². The normalized spacial score (nSPS) is 11.4. The van der Waals surface area contributed by atoms with Crippen molar-refractivity contribution in [3.63, 3.8) is 0 Å². The van der Waals surface area contributed by atoms with Crippen LogP contribution >= 0.6 is 11.6 Å². The number of hydrogen-bond donors (Lipinski definition) is 0. The van der Waals surface area contributed by atoms with E-state index in [1.165, 1.54) is 5.39 Å². The van der Waals surface area contributed by atoms with Crippen molar-refractivity contribution in [3.8, 4) is 5.69 Å². The molecule has 3 aromatic carbocycles. The van der Waals surface area contributed by atoms with Crippen LogP contribution in [0.2, 0.25) is 5.02 Å². The predicted octanol–water partition coefficient (Wildman–Crippen LogP) is 5.39. The van der Waals surface area contributed by atoms with Crippen LogP contribution in [0.15, 0.2) is 60.7 Å². The summed E-state index contributed by atoms with van der Waals surface area (Å²) in [7, 11) is 0. The molecule has 0 aliphatic rings. The van der Waals surface area contributed by atoms with Crippen LogP contribution in [-0.2, 0) is 6.42 Å². The second-order valence-corrected chi connectivity index (χ2v) is 5.82. The van der Waals surface area contributed by atoms with Gasteiger partial charge in [-0.2, -0.15) is 0 Å². The van der Waals surface area contributed by atoms with E-state index in [4.69, 9.17) is 16.6 Å². The predicted molar refractivity (Wildman–Crippen MR) is 93.0 cm³/mol. The molecule has 0 saturated carbocycles. The Labute approximate surface area is 134 Å². The van der Waals surface area contributed by atoms with Gasteiger partial charge in [-0.3, -0.25) is 4.57 Å². The lowest BCUT2D eigenvalue weighted by atomic mass is 10.1. The Morgan fingerprint density at radius 1 is 0.955 bits per heavy atom. The topological polar surface area (TPSA) is 17.8 Å². The monoisotopic (exact) mass is 306 g/mol. The number of benzene rings is 3. The van der Waals surface area contributed by atoms with Gasteiger partial charge in [0.25, 0.3) is 0 Å². The van der Waals surface area contributed by atoms with Crippen molar-refractivity contribution in [1.29, 1.82) is 0 Å². The molecule has 0 aliphatic heterocycles. The Bertz CT molecular complexity index is 985. The van der Waals surface area contributed by atoms with E-state index in [1.807, 2.05) is 24.3 Å². The summed E-state index contributed by atoms with van der Waals surface area (Å²) in [6, 6.07) is 20.7. The van der Waals surface area contributed by atoms with Crippen LogP contribution in [0.1, 0.15) is 12.7 Å². The molecule has 4 rings (SSSR count). The molecule has 0 saturated heterocycles. The molecule has 0 atom stereocenters. The van der Waals surface area contributed by atoms with Gasteiger partial charge in [-0.15, -0.1) is 0 Å².